The van der Waals surface area contributed by atoms with Crippen molar-refractivity contribution in [1.82, 2.24) is 0 Å². The topological polar surface area (TPSA) is 57.5 Å². The number of hydrogen-bond donors (Lipinski definition) is 2. The van der Waals surface area contributed by atoms with Crippen LogP contribution in [0.25, 0.3) is 0 Å². The maximum absolute atomic E-state index is 9.62. The minimum Gasteiger partial charge on any atom is -0.368 e. The second-order valence-corrected chi connectivity index (χ2v) is 1.58. The first-order valence-electron chi connectivity index (χ1n) is 2.57. The number of carbonyl (C=O) groups excluding carboxylic acids is 1. The predicted molar refractivity (Wildman–Crippen MR) is 28.1 cm³/mol. The zero-order valence-corrected chi connectivity index (χ0v) is 4.58. The summed E-state index contributed by atoms with van der Waals surface area (Å²) < 4.78 is 0. The zero-order valence-electron chi connectivity index (χ0n) is 4.58. The summed E-state index contributed by atoms with van der Waals surface area (Å²) in [7, 11) is 0. The molecule has 0 atom stereocenters. The van der Waals surface area contributed by atoms with Gasteiger partial charge in [-0.05, 0) is 12.8 Å². The molecule has 2 N–H and O–H groups in total. The minimum absolute atomic E-state index is 0.290. The van der Waals surface area contributed by atoms with Crippen LogP contribution in [0.2, 0.25) is 0 Å². The smallest absolute Gasteiger partial charge is 0.151 e. The van der Waals surface area contributed by atoms with E-state index in [1.165, 1.54) is 0 Å². The number of carbonyl (C=O) groups is 1. The number of unbranched alkanes of at least 4 members (excludes halogenated alkanes) is 1. The molecule has 0 heterocycles. The average Bonchev–Trinajstić information content (AvgIpc) is 1.66. The average molecular weight is 118 g/mol. The second kappa shape index (κ2) is 4.74. The van der Waals surface area contributed by atoms with Gasteiger partial charge in [-0.3, -0.25) is 0 Å². The molecule has 0 aliphatic rings. The van der Waals surface area contributed by atoms with Gasteiger partial charge in [0.2, 0.25) is 0 Å². The third kappa shape index (κ3) is 5.59. The van der Waals surface area contributed by atoms with E-state index >= 15 is 0 Å². The number of hydrogen-bond acceptors (Lipinski definition) is 3. The lowest BCUT2D eigenvalue weighted by Crippen LogP contribution is -2.02. The number of rotatable bonds is 4. The SMILES string of the molecule is O=CCCCC(O)O. The summed E-state index contributed by atoms with van der Waals surface area (Å²) in [5.41, 5.74) is 0. The van der Waals surface area contributed by atoms with Crippen molar-refractivity contribution < 1.29 is 15.0 Å². The van der Waals surface area contributed by atoms with Gasteiger partial charge >= 0.3 is 0 Å². The van der Waals surface area contributed by atoms with Crippen molar-refractivity contribution in [3.63, 3.8) is 0 Å². The van der Waals surface area contributed by atoms with Crippen LogP contribution in [0, 0.1) is 0 Å². The number of aliphatic hydroxyl groups is 2. The molecule has 3 heteroatoms. The van der Waals surface area contributed by atoms with Crippen LogP contribution >= 0.6 is 0 Å². The molecule has 0 bridgehead atoms. The summed E-state index contributed by atoms with van der Waals surface area (Å²) in [5, 5.41) is 16.4. The summed E-state index contributed by atoms with van der Waals surface area (Å²) in [4.78, 5) is 9.62. The van der Waals surface area contributed by atoms with Crippen molar-refractivity contribution in [2.75, 3.05) is 0 Å². The van der Waals surface area contributed by atoms with Crippen LogP contribution in [-0.2, 0) is 4.79 Å². The van der Waals surface area contributed by atoms with E-state index < -0.39 is 6.29 Å². The first kappa shape index (κ1) is 7.59. The van der Waals surface area contributed by atoms with E-state index in [-0.39, 0.29) is 0 Å². The molecule has 0 spiro atoms. The van der Waals surface area contributed by atoms with E-state index in [0.717, 1.165) is 6.29 Å². The van der Waals surface area contributed by atoms with E-state index in [1.54, 1.807) is 0 Å². The van der Waals surface area contributed by atoms with Crippen molar-refractivity contribution >= 4 is 6.29 Å². The quantitative estimate of drug-likeness (QED) is 0.302. The van der Waals surface area contributed by atoms with Gasteiger partial charge in [0.25, 0.3) is 0 Å². The Kier molecular flexibility index (Phi) is 4.50. The molecule has 0 fully saturated rings. The third-order valence-corrected chi connectivity index (χ3v) is 0.784. The Morgan fingerprint density at radius 3 is 2.50 bits per heavy atom. The Balaban J connectivity index is 2.81. The van der Waals surface area contributed by atoms with Crippen molar-refractivity contribution in [2.45, 2.75) is 25.6 Å². The minimum atomic E-state index is -1.25. The Bertz CT molecular complexity index is 60.7. The fraction of sp³-hybridized carbons (Fsp3) is 0.800. The zero-order chi connectivity index (χ0) is 6.41. The predicted octanol–water partition coefficient (Wildman–Crippen LogP) is -0.334. The molecule has 0 unspecified atom stereocenters. The van der Waals surface area contributed by atoms with Gasteiger partial charge in [-0.25, -0.2) is 0 Å². The van der Waals surface area contributed by atoms with E-state index in [4.69, 9.17) is 10.2 Å². The molecule has 0 rings (SSSR count). The third-order valence-electron chi connectivity index (χ3n) is 0.784. The second-order valence-electron chi connectivity index (χ2n) is 1.58. The van der Waals surface area contributed by atoms with Gasteiger partial charge in [0.05, 0.1) is 0 Å². The van der Waals surface area contributed by atoms with Crippen LogP contribution in [0.15, 0.2) is 0 Å². The molecule has 0 aliphatic heterocycles. The molecule has 0 aromatic carbocycles. The van der Waals surface area contributed by atoms with E-state index in [2.05, 4.69) is 0 Å². The normalized spacial score (nSPS) is 9.88. The maximum atomic E-state index is 9.62. The monoisotopic (exact) mass is 118 g/mol. The van der Waals surface area contributed by atoms with Crippen LogP contribution in [0.4, 0.5) is 0 Å². The molecule has 0 saturated heterocycles. The first-order valence-corrected chi connectivity index (χ1v) is 2.57. The van der Waals surface area contributed by atoms with Gasteiger partial charge < -0.3 is 15.0 Å². The molecular formula is C5H10O3. The Hall–Kier alpha value is -0.410. The molecule has 0 saturated carbocycles. The van der Waals surface area contributed by atoms with E-state index in [0.29, 0.717) is 19.3 Å². The largest absolute Gasteiger partial charge is 0.368 e. The fourth-order valence-corrected chi connectivity index (χ4v) is 0.384. The van der Waals surface area contributed by atoms with Crippen molar-refractivity contribution in [3.8, 4) is 0 Å². The summed E-state index contributed by atoms with van der Waals surface area (Å²) in [6.45, 7) is 0. The molecule has 48 valence electrons. The van der Waals surface area contributed by atoms with Crippen LogP contribution in [-0.4, -0.2) is 22.8 Å². The van der Waals surface area contributed by atoms with Gasteiger partial charge in [0, 0.05) is 6.42 Å². The highest BCUT2D eigenvalue weighted by molar-refractivity contribution is 5.48. The standard InChI is InChI=1S/C5H10O3/c6-4-2-1-3-5(7)8/h4-5,7-8H,1-3H2. The van der Waals surface area contributed by atoms with Crippen LogP contribution in [0.1, 0.15) is 19.3 Å². The van der Waals surface area contributed by atoms with Crippen LogP contribution < -0.4 is 0 Å². The van der Waals surface area contributed by atoms with Gasteiger partial charge in [-0.15, -0.1) is 0 Å². The number of aliphatic hydroxyl groups excluding tert-OH is 1. The first-order chi connectivity index (χ1) is 3.77. The van der Waals surface area contributed by atoms with Gasteiger partial charge in [0.1, 0.15) is 6.29 Å². The highest BCUT2D eigenvalue weighted by Crippen LogP contribution is 1.94. The molecule has 0 aliphatic carbocycles. The summed E-state index contributed by atoms with van der Waals surface area (Å²) in [6.07, 6.45) is 0.773. The van der Waals surface area contributed by atoms with Gasteiger partial charge in [-0.2, -0.15) is 0 Å². The molecule has 0 aromatic heterocycles. The lowest BCUT2D eigenvalue weighted by atomic mass is 10.2. The molecular weight excluding hydrogens is 108 g/mol. The lowest BCUT2D eigenvalue weighted by Gasteiger charge is -1.97. The summed E-state index contributed by atoms with van der Waals surface area (Å²) in [5.74, 6) is 0. The van der Waals surface area contributed by atoms with Crippen LogP contribution in [0.5, 0.6) is 0 Å². The Labute approximate surface area is 47.9 Å². The summed E-state index contributed by atoms with van der Waals surface area (Å²) in [6, 6.07) is 0. The molecule has 3 nitrogen and oxygen atoms in total. The lowest BCUT2D eigenvalue weighted by molar-refractivity contribution is -0.108. The summed E-state index contributed by atoms with van der Waals surface area (Å²) >= 11 is 0. The van der Waals surface area contributed by atoms with E-state index in [9.17, 15) is 4.79 Å². The van der Waals surface area contributed by atoms with Crippen molar-refractivity contribution in [1.29, 1.82) is 0 Å². The highest BCUT2D eigenvalue weighted by Gasteiger charge is 1.93. The maximum Gasteiger partial charge on any atom is 0.151 e. The van der Waals surface area contributed by atoms with Gasteiger partial charge in [0.15, 0.2) is 6.29 Å². The van der Waals surface area contributed by atoms with Crippen LogP contribution in [0.3, 0.4) is 0 Å². The number of aldehydes is 1. The van der Waals surface area contributed by atoms with Crippen molar-refractivity contribution in [2.24, 2.45) is 0 Å². The molecule has 8 heavy (non-hydrogen) atoms. The highest BCUT2D eigenvalue weighted by atomic mass is 16.5. The van der Waals surface area contributed by atoms with E-state index in [1.807, 2.05) is 0 Å². The molecule has 0 aromatic rings. The Morgan fingerprint density at radius 1 is 1.50 bits per heavy atom. The van der Waals surface area contributed by atoms with Gasteiger partial charge in [-0.1, -0.05) is 0 Å². The van der Waals surface area contributed by atoms with Crippen molar-refractivity contribution in [3.05, 3.63) is 0 Å². The molecule has 0 amide bonds. The Morgan fingerprint density at radius 2 is 2.12 bits per heavy atom. The fourth-order valence-electron chi connectivity index (χ4n) is 0.384. The molecule has 0 radical (unpaired) electrons.